The molecule has 0 aromatic rings. The van der Waals surface area contributed by atoms with Gasteiger partial charge in [0.05, 0.1) is 5.41 Å². The summed E-state index contributed by atoms with van der Waals surface area (Å²) in [6.07, 6.45) is 9.38. The van der Waals surface area contributed by atoms with Crippen molar-refractivity contribution in [3.05, 3.63) is 11.6 Å². The third-order valence-corrected chi connectivity index (χ3v) is 7.48. The van der Waals surface area contributed by atoms with Crippen molar-refractivity contribution in [2.24, 2.45) is 28.1 Å². The van der Waals surface area contributed by atoms with Gasteiger partial charge in [0.1, 0.15) is 0 Å². The number of aliphatic carboxylic acids is 1. The highest BCUT2D eigenvalue weighted by atomic mass is 16.4. The SMILES string of the molecule is C[C@]1(CO)CCC=C2[C@H]1CCC1[C@](C)(C(=O)O)CCC[C@@]21C. The number of aliphatic hydroxyl groups is 1. The van der Waals surface area contributed by atoms with Gasteiger partial charge in [0, 0.05) is 6.61 Å². The molecular formula is C19H30O3. The predicted molar refractivity (Wildman–Crippen MR) is 86.4 cm³/mol. The Labute approximate surface area is 133 Å². The van der Waals surface area contributed by atoms with E-state index < -0.39 is 11.4 Å². The van der Waals surface area contributed by atoms with Crippen LogP contribution in [-0.2, 0) is 4.79 Å². The molecule has 3 nitrogen and oxygen atoms in total. The zero-order valence-corrected chi connectivity index (χ0v) is 14.2. The van der Waals surface area contributed by atoms with Gasteiger partial charge in [-0.2, -0.15) is 0 Å². The second-order valence-electron chi connectivity index (χ2n) is 8.69. The van der Waals surface area contributed by atoms with Gasteiger partial charge in [-0.3, -0.25) is 4.79 Å². The highest BCUT2D eigenvalue weighted by Gasteiger charge is 2.59. The van der Waals surface area contributed by atoms with Gasteiger partial charge in [0.15, 0.2) is 0 Å². The topological polar surface area (TPSA) is 57.5 Å². The van der Waals surface area contributed by atoms with Gasteiger partial charge in [0.2, 0.25) is 0 Å². The predicted octanol–water partition coefficient (Wildman–Crippen LogP) is 4.01. The lowest BCUT2D eigenvalue weighted by Crippen LogP contribution is -2.54. The zero-order chi connectivity index (χ0) is 16.2. The van der Waals surface area contributed by atoms with Crippen LogP contribution >= 0.6 is 0 Å². The maximum Gasteiger partial charge on any atom is 0.309 e. The molecule has 0 aromatic carbocycles. The van der Waals surface area contributed by atoms with Gasteiger partial charge in [-0.05, 0) is 68.1 Å². The van der Waals surface area contributed by atoms with Crippen molar-refractivity contribution in [2.75, 3.05) is 6.61 Å². The van der Waals surface area contributed by atoms with E-state index in [0.29, 0.717) is 5.92 Å². The van der Waals surface area contributed by atoms with E-state index in [-0.39, 0.29) is 23.4 Å². The van der Waals surface area contributed by atoms with E-state index in [0.717, 1.165) is 44.9 Å². The summed E-state index contributed by atoms with van der Waals surface area (Å²) < 4.78 is 0. The molecule has 0 aromatic heterocycles. The van der Waals surface area contributed by atoms with Gasteiger partial charge in [-0.15, -0.1) is 0 Å². The molecule has 2 N–H and O–H groups in total. The fraction of sp³-hybridized carbons (Fsp3) is 0.842. The third-order valence-electron chi connectivity index (χ3n) is 7.48. The summed E-state index contributed by atoms with van der Waals surface area (Å²) in [5, 5.41) is 19.8. The average molecular weight is 306 g/mol. The number of aliphatic hydroxyl groups excluding tert-OH is 1. The van der Waals surface area contributed by atoms with Crippen molar-refractivity contribution in [3.63, 3.8) is 0 Å². The number of carbonyl (C=O) groups is 1. The Bertz CT molecular complexity index is 511. The van der Waals surface area contributed by atoms with Crippen molar-refractivity contribution in [1.29, 1.82) is 0 Å². The molecule has 0 amide bonds. The molecule has 5 atom stereocenters. The molecule has 3 aliphatic rings. The molecule has 1 unspecified atom stereocenters. The van der Waals surface area contributed by atoms with Crippen LogP contribution in [0.25, 0.3) is 0 Å². The van der Waals surface area contributed by atoms with Crippen LogP contribution in [0, 0.1) is 28.1 Å². The Morgan fingerprint density at radius 3 is 2.59 bits per heavy atom. The van der Waals surface area contributed by atoms with E-state index in [9.17, 15) is 15.0 Å². The van der Waals surface area contributed by atoms with Crippen LogP contribution in [0.15, 0.2) is 11.6 Å². The lowest BCUT2D eigenvalue weighted by atomic mass is 9.44. The highest BCUT2D eigenvalue weighted by molar-refractivity contribution is 5.75. The molecule has 0 bridgehead atoms. The van der Waals surface area contributed by atoms with E-state index in [4.69, 9.17) is 0 Å². The van der Waals surface area contributed by atoms with E-state index in [1.165, 1.54) is 5.57 Å². The first-order valence-corrected chi connectivity index (χ1v) is 8.83. The van der Waals surface area contributed by atoms with Crippen molar-refractivity contribution in [1.82, 2.24) is 0 Å². The smallest absolute Gasteiger partial charge is 0.309 e. The summed E-state index contributed by atoms with van der Waals surface area (Å²) in [4.78, 5) is 12.0. The number of carboxylic acid groups (broad SMARTS) is 1. The number of hydrogen-bond acceptors (Lipinski definition) is 2. The van der Waals surface area contributed by atoms with Gasteiger partial charge in [-0.25, -0.2) is 0 Å². The second-order valence-corrected chi connectivity index (χ2v) is 8.69. The molecule has 3 aliphatic carbocycles. The van der Waals surface area contributed by atoms with Crippen LogP contribution in [0.3, 0.4) is 0 Å². The maximum absolute atomic E-state index is 12.0. The minimum absolute atomic E-state index is 0.00512. The molecule has 0 saturated heterocycles. The van der Waals surface area contributed by atoms with Crippen molar-refractivity contribution in [3.8, 4) is 0 Å². The summed E-state index contributed by atoms with van der Waals surface area (Å²) in [7, 11) is 0. The Morgan fingerprint density at radius 1 is 1.23 bits per heavy atom. The van der Waals surface area contributed by atoms with E-state index in [2.05, 4.69) is 19.9 Å². The fourth-order valence-electron chi connectivity index (χ4n) is 6.02. The Kier molecular flexibility index (Phi) is 3.71. The minimum Gasteiger partial charge on any atom is -0.481 e. The second kappa shape index (κ2) is 5.09. The molecule has 0 radical (unpaired) electrons. The molecular weight excluding hydrogens is 276 g/mol. The largest absolute Gasteiger partial charge is 0.481 e. The first-order valence-electron chi connectivity index (χ1n) is 8.83. The third kappa shape index (κ3) is 2.01. The van der Waals surface area contributed by atoms with Gasteiger partial charge in [0.25, 0.3) is 0 Å². The Morgan fingerprint density at radius 2 is 1.95 bits per heavy atom. The molecule has 2 saturated carbocycles. The number of carboxylic acids is 1. The van der Waals surface area contributed by atoms with Crippen LogP contribution in [0.4, 0.5) is 0 Å². The molecule has 0 heterocycles. The normalized spacial score (nSPS) is 48.1. The maximum atomic E-state index is 12.0. The zero-order valence-electron chi connectivity index (χ0n) is 14.2. The number of fused-ring (bicyclic) bond motifs is 3. The number of allylic oxidation sites excluding steroid dienone is 2. The Hall–Kier alpha value is -0.830. The molecule has 3 heteroatoms. The standard InChI is InChI=1S/C19H30O3/c1-17(12-20)9-4-6-14-13(17)7-8-15-18(14,2)10-5-11-19(15,3)16(21)22/h6,13,15,20H,4-5,7-12H2,1-3H3,(H,21,22)/t13-,15?,17-,18+,19-/m1/s1. The summed E-state index contributed by atoms with van der Waals surface area (Å²) in [5.41, 5.74) is 0.866. The van der Waals surface area contributed by atoms with Crippen LogP contribution in [0.5, 0.6) is 0 Å². The highest BCUT2D eigenvalue weighted by Crippen LogP contribution is 2.64. The first kappa shape index (κ1) is 16.0. The van der Waals surface area contributed by atoms with Crippen LogP contribution in [0.1, 0.15) is 65.7 Å². The Balaban J connectivity index is 2.03. The molecule has 3 rings (SSSR count). The van der Waals surface area contributed by atoms with Gasteiger partial charge >= 0.3 is 5.97 Å². The molecule has 124 valence electrons. The molecule has 22 heavy (non-hydrogen) atoms. The van der Waals surface area contributed by atoms with Crippen LogP contribution in [0.2, 0.25) is 0 Å². The number of hydrogen-bond donors (Lipinski definition) is 2. The first-order chi connectivity index (χ1) is 10.3. The molecule has 0 aliphatic heterocycles. The van der Waals surface area contributed by atoms with Crippen LogP contribution < -0.4 is 0 Å². The van der Waals surface area contributed by atoms with Crippen molar-refractivity contribution in [2.45, 2.75) is 65.7 Å². The summed E-state index contributed by atoms with van der Waals surface area (Å²) in [6.45, 7) is 6.73. The van der Waals surface area contributed by atoms with E-state index in [1.807, 2.05) is 6.92 Å². The molecule has 2 fully saturated rings. The van der Waals surface area contributed by atoms with Crippen LogP contribution in [-0.4, -0.2) is 22.8 Å². The fourth-order valence-corrected chi connectivity index (χ4v) is 6.02. The number of rotatable bonds is 2. The lowest BCUT2D eigenvalue weighted by molar-refractivity contribution is -0.161. The summed E-state index contributed by atoms with van der Waals surface area (Å²) >= 11 is 0. The van der Waals surface area contributed by atoms with E-state index in [1.54, 1.807) is 0 Å². The van der Waals surface area contributed by atoms with Gasteiger partial charge < -0.3 is 10.2 Å². The van der Waals surface area contributed by atoms with Gasteiger partial charge in [-0.1, -0.05) is 31.9 Å². The average Bonchev–Trinajstić information content (AvgIpc) is 2.47. The monoisotopic (exact) mass is 306 g/mol. The molecule has 0 spiro atoms. The lowest BCUT2D eigenvalue weighted by Gasteiger charge is -2.59. The summed E-state index contributed by atoms with van der Waals surface area (Å²) in [5.74, 6) is 0.0432. The van der Waals surface area contributed by atoms with Crippen molar-refractivity contribution < 1.29 is 15.0 Å². The quantitative estimate of drug-likeness (QED) is 0.758. The minimum atomic E-state index is -0.622. The summed E-state index contributed by atoms with van der Waals surface area (Å²) in [6, 6.07) is 0. The van der Waals surface area contributed by atoms with Crippen molar-refractivity contribution >= 4 is 5.97 Å². The van der Waals surface area contributed by atoms with E-state index >= 15 is 0 Å².